The molecule has 2 aromatic heterocycles. The van der Waals surface area contributed by atoms with Gasteiger partial charge < -0.3 is 15.5 Å². The number of hydrogen-bond donors (Lipinski definition) is 3. The number of aliphatic hydroxyl groups is 2. The number of nitrogens with zero attached hydrogens (tertiary/aromatic N) is 3. The number of hydrogen-bond acceptors (Lipinski definition) is 6. The van der Waals surface area contributed by atoms with Gasteiger partial charge in [0.05, 0.1) is 28.3 Å². The van der Waals surface area contributed by atoms with Crippen LogP contribution in [-0.4, -0.2) is 51.8 Å². The van der Waals surface area contributed by atoms with Crippen molar-refractivity contribution in [3.05, 3.63) is 82.2 Å². The van der Waals surface area contributed by atoms with E-state index in [1.54, 1.807) is 0 Å². The van der Waals surface area contributed by atoms with Gasteiger partial charge in [0.15, 0.2) is 0 Å². The molecular formula is C28H22F12N4O2. The maximum absolute atomic E-state index is 13.8. The molecule has 0 spiro atoms. The number of likely N-dealkylation sites (N-methyl/N-ethyl adjacent to an activating group) is 1. The van der Waals surface area contributed by atoms with E-state index in [-0.39, 0.29) is 13.1 Å². The summed E-state index contributed by atoms with van der Waals surface area (Å²) in [6.45, 7) is -1.34. The Balaban J connectivity index is 1.89. The first-order valence-corrected chi connectivity index (χ1v) is 13.1. The quantitative estimate of drug-likeness (QED) is 0.137. The van der Waals surface area contributed by atoms with Crippen molar-refractivity contribution in [3.8, 4) is 0 Å². The highest BCUT2D eigenvalue weighted by atomic mass is 19.4. The van der Waals surface area contributed by atoms with Crippen LogP contribution in [0, 0.1) is 0 Å². The molecule has 0 aliphatic heterocycles. The number of aliphatic hydroxyl groups excluding tert-OH is 2. The second-order valence-corrected chi connectivity index (χ2v) is 10.1. The average Bonchev–Trinajstić information content (AvgIpc) is 2.94. The van der Waals surface area contributed by atoms with Crippen LogP contribution in [-0.2, 0) is 24.7 Å². The Morgan fingerprint density at radius 2 is 1.11 bits per heavy atom. The fraction of sp³-hybridized carbons (Fsp3) is 0.357. The van der Waals surface area contributed by atoms with Gasteiger partial charge in [0.1, 0.15) is 17.6 Å². The first-order valence-electron chi connectivity index (χ1n) is 13.1. The summed E-state index contributed by atoms with van der Waals surface area (Å²) in [7, 11) is 1.41. The summed E-state index contributed by atoms with van der Waals surface area (Å²) < 4.78 is 165. The van der Waals surface area contributed by atoms with E-state index in [9.17, 15) is 62.9 Å². The number of halogens is 12. The van der Waals surface area contributed by atoms with Gasteiger partial charge in [-0.1, -0.05) is 24.3 Å². The molecule has 6 nitrogen and oxygen atoms in total. The predicted octanol–water partition coefficient (Wildman–Crippen LogP) is 7.10. The lowest BCUT2D eigenvalue weighted by atomic mass is 9.98. The van der Waals surface area contributed by atoms with Gasteiger partial charge in [0, 0.05) is 36.0 Å². The summed E-state index contributed by atoms with van der Waals surface area (Å²) in [5, 5.41) is 24.0. The molecule has 18 heteroatoms. The monoisotopic (exact) mass is 674 g/mol. The molecule has 2 aromatic carbocycles. The number of nitrogens with one attached hydrogen (secondary N) is 1. The smallest absolute Gasteiger partial charge is 0.387 e. The number of fused-ring (bicyclic) bond motifs is 2. The normalized spacial score (nSPS) is 14.8. The Hall–Kier alpha value is -3.74. The van der Waals surface area contributed by atoms with Crippen LogP contribution in [0.2, 0.25) is 0 Å². The highest BCUT2D eigenvalue weighted by molar-refractivity contribution is 5.87. The Kier molecular flexibility index (Phi) is 9.51. The number of aromatic nitrogens is 2. The first-order chi connectivity index (χ1) is 21.1. The molecule has 4 aromatic rings. The predicted molar refractivity (Wildman–Crippen MR) is 139 cm³/mol. The maximum atomic E-state index is 13.8. The van der Waals surface area contributed by atoms with E-state index in [1.807, 2.05) is 0 Å². The molecule has 0 fully saturated rings. The van der Waals surface area contributed by atoms with E-state index in [2.05, 4.69) is 15.3 Å². The molecule has 0 bridgehead atoms. The minimum atomic E-state index is -5.28. The van der Waals surface area contributed by atoms with Crippen molar-refractivity contribution in [2.45, 2.75) is 37.0 Å². The Morgan fingerprint density at radius 1 is 0.674 bits per heavy atom. The summed E-state index contributed by atoms with van der Waals surface area (Å²) in [6.07, 6.45) is -25.2. The molecule has 46 heavy (non-hydrogen) atoms. The second kappa shape index (κ2) is 12.5. The van der Waals surface area contributed by atoms with Crippen LogP contribution >= 0.6 is 0 Å². The summed E-state index contributed by atoms with van der Waals surface area (Å²) in [5.41, 5.74) is -10.4. The fourth-order valence-electron chi connectivity index (χ4n) is 4.87. The molecule has 2 unspecified atom stereocenters. The van der Waals surface area contributed by atoms with Crippen molar-refractivity contribution in [1.29, 1.82) is 0 Å². The second-order valence-electron chi connectivity index (χ2n) is 10.1. The zero-order valence-corrected chi connectivity index (χ0v) is 23.2. The highest BCUT2D eigenvalue weighted by Gasteiger charge is 2.40. The van der Waals surface area contributed by atoms with Gasteiger partial charge in [-0.3, -0.25) is 4.90 Å². The van der Waals surface area contributed by atoms with Crippen LogP contribution in [0.25, 0.3) is 21.8 Å². The number of pyridine rings is 2. The molecule has 0 saturated heterocycles. The van der Waals surface area contributed by atoms with E-state index in [1.165, 1.54) is 7.05 Å². The van der Waals surface area contributed by atoms with Gasteiger partial charge in [-0.2, -0.15) is 52.7 Å². The topological polar surface area (TPSA) is 81.5 Å². The number of para-hydroxylation sites is 2. The minimum absolute atomic E-state index is 0.0736. The van der Waals surface area contributed by atoms with Crippen molar-refractivity contribution in [1.82, 2.24) is 20.2 Å². The molecule has 2 heterocycles. The SMILES string of the molecule is CNCCN(CC(O)c1cc(C(F)(F)F)nc2c(C(F)(F)F)cccc12)C(O)c1cc(C(F)(F)F)nc2c(C(F)(F)F)cccc12. The molecule has 4 rings (SSSR count). The standard InChI is InChI=1S/C28H22F12N4O2/c1-41-8-9-44(24(46)16-11-21(28(38,39)40)43-23-14(16)5-3-7-18(23)26(32,33)34)12-19(45)15-10-20(27(35,36)37)42-22-13(15)4-2-6-17(22)25(29,30)31/h2-7,10-11,19,24,41,45-46H,8-9,12H2,1H3. The van der Waals surface area contributed by atoms with E-state index >= 15 is 0 Å². The van der Waals surface area contributed by atoms with Crippen molar-refractivity contribution in [2.75, 3.05) is 26.7 Å². The average molecular weight is 674 g/mol. The summed E-state index contributed by atoms with van der Waals surface area (Å²) >= 11 is 0. The van der Waals surface area contributed by atoms with E-state index in [0.29, 0.717) is 24.3 Å². The van der Waals surface area contributed by atoms with Crippen LogP contribution in [0.5, 0.6) is 0 Å². The lowest BCUT2D eigenvalue weighted by Crippen LogP contribution is -2.37. The Bertz CT molecular complexity index is 1720. The minimum Gasteiger partial charge on any atom is -0.387 e. The number of alkyl halides is 12. The van der Waals surface area contributed by atoms with Crippen LogP contribution in [0.15, 0.2) is 48.5 Å². The molecule has 0 radical (unpaired) electrons. The van der Waals surface area contributed by atoms with Gasteiger partial charge >= 0.3 is 24.7 Å². The van der Waals surface area contributed by atoms with Crippen LogP contribution < -0.4 is 5.32 Å². The molecular weight excluding hydrogens is 652 g/mol. The fourth-order valence-corrected chi connectivity index (χ4v) is 4.87. The number of rotatable bonds is 8. The van der Waals surface area contributed by atoms with Crippen molar-refractivity contribution in [3.63, 3.8) is 0 Å². The van der Waals surface area contributed by atoms with Gasteiger partial charge in [-0.25, -0.2) is 9.97 Å². The lowest BCUT2D eigenvalue weighted by molar-refractivity contribution is -0.142. The van der Waals surface area contributed by atoms with Crippen molar-refractivity contribution < 1.29 is 62.9 Å². The van der Waals surface area contributed by atoms with Gasteiger partial charge in [-0.05, 0) is 36.9 Å². The summed E-state index contributed by atoms with van der Waals surface area (Å²) in [5.74, 6) is 0. The molecule has 0 aliphatic carbocycles. The summed E-state index contributed by atoms with van der Waals surface area (Å²) in [4.78, 5) is 7.10. The van der Waals surface area contributed by atoms with Gasteiger partial charge in [-0.15, -0.1) is 0 Å². The third kappa shape index (κ3) is 7.29. The summed E-state index contributed by atoms with van der Waals surface area (Å²) in [6, 6.07) is 5.23. The third-order valence-electron chi connectivity index (χ3n) is 6.97. The largest absolute Gasteiger partial charge is 0.433 e. The van der Waals surface area contributed by atoms with E-state index in [4.69, 9.17) is 0 Å². The molecule has 0 aliphatic rings. The Morgan fingerprint density at radius 3 is 1.52 bits per heavy atom. The number of benzene rings is 2. The molecule has 0 amide bonds. The highest BCUT2D eigenvalue weighted by Crippen LogP contribution is 2.41. The molecule has 2 atom stereocenters. The first kappa shape index (κ1) is 35.1. The maximum Gasteiger partial charge on any atom is 0.433 e. The molecule has 3 N–H and O–H groups in total. The van der Waals surface area contributed by atoms with Crippen LogP contribution in [0.3, 0.4) is 0 Å². The Labute approximate surface area is 251 Å². The van der Waals surface area contributed by atoms with Crippen molar-refractivity contribution >= 4 is 21.8 Å². The lowest BCUT2D eigenvalue weighted by Gasteiger charge is -2.31. The van der Waals surface area contributed by atoms with Gasteiger partial charge in [0.2, 0.25) is 0 Å². The molecule has 250 valence electrons. The van der Waals surface area contributed by atoms with Crippen molar-refractivity contribution in [2.24, 2.45) is 0 Å². The van der Waals surface area contributed by atoms with Gasteiger partial charge in [0.25, 0.3) is 0 Å². The van der Waals surface area contributed by atoms with E-state index in [0.717, 1.165) is 29.2 Å². The zero-order valence-electron chi connectivity index (χ0n) is 23.2. The van der Waals surface area contributed by atoms with E-state index < -0.39 is 99.0 Å². The zero-order chi connectivity index (χ0) is 34.4. The molecule has 0 saturated carbocycles. The van der Waals surface area contributed by atoms with Crippen LogP contribution in [0.1, 0.15) is 46.0 Å². The van der Waals surface area contributed by atoms with Crippen LogP contribution in [0.4, 0.5) is 52.7 Å². The third-order valence-corrected chi connectivity index (χ3v) is 6.97.